The summed E-state index contributed by atoms with van der Waals surface area (Å²) in [4.78, 5) is 3.95. The van der Waals surface area contributed by atoms with Crippen LogP contribution in [0.25, 0.3) is 0 Å². The Hall–Kier alpha value is -2.24. The van der Waals surface area contributed by atoms with Gasteiger partial charge in [0.05, 0.1) is 0 Å². The highest BCUT2D eigenvalue weighted by atomic mass is 127. The van der Waals surface area contributed by atoms with Crippen LogP contribution in [0.1, 0.15) is 11.1 Å². The number of hydrogen-bond donors (Lipinski definition) is 3. The molecule has 0 radical (unpaired) electrons. The summed E-state index contributed by atoms with van der Waals surface area (Å²) in [6.45, 7) is 0.243. The summed E-state index contributed by atoms with van der Waals surface area (Å²) in [6.07, 6.45) is -4.78. The Labute approximate surface area is 170 Å². The number of para-hydroxylation sites is 1. The molecular weight excluding hydrogens is 481 g/mol. The first kappa shape index (κ1) is 22.8. The molecule has 0 aliphatic heterocycles. The molecule has 2 aromatic carbocycles. The van der Waals surface area contributed by atoms with Gasteiger partial charge in [0.15, 0.2) is 17.5 Å². The molecule has 2 aromatic rings. The fourth-order valence-corrected chi connectivity index (χ4v) is 2.12. The lowest BCUT2D eigenvalue weighted by Gasteiger charge is -2.15. The van der Waals surface area contributed by atoms with E-state index < -0.39 is 17.9 Å². The largest absolute Gasteiger partial charge is 0.573 e. The number of hydrogen-bond acceptors (Lipinski definition) is 3. The lowest BCUT2D eigenvalue weighted by molar-refractivity contribution is -0.274. The first-order valence-electron chi connectivity index (χ1n) is 7.54. The molecule has 2 rings (SSSR count). The molecule has 0 saturated heterocycles. The predicted molar refractivity (Wildman–Crippen MR) is 104 cm³/mol. The summed E-state index contributed by atoms with van der Waals surface area (Å²) >= 11 is 0. The number of nitrogens with zero attached hydrogens (tertiary/aromatic N) is 1. The Bertz CT molecular complexity index is 785. The number of phenolic OH excluding ortho intramolecular Hbond substituents is 1. The van der Waals surface area contributed by atoms with Gasteiger partial charge >= 0.3 is 6.36 Å². The van der Waals surface area contributed by atoms with Gasteiger partial charge in [0, 0.05) is 25.7 Å². The van der Waals surface area contributed by atoms with E-state index in [9.17, 15) is 17.6 Å². The van der Waals surface area contributed by atoms with Crippen molar-refractivity contribution in [2.24, 2.45) is 4.99 Å². The van der Waals surface area contributed by atoms with Crippen molar-refractivity contribution in [1.82, 2.24) is 10.6 Å². The maximum atomic E-state index is 13.3. The molecule has 0 bridgehead atoms. The van der Waals surface area contributed by atoms with Crippen LogP contribution in [0, 0.1) is 5.82 Å². The monoisotopic (exact) mass is 499 g/mol. The van der Waals surface area contributed by atoms with Crippen LogP contribution in [0.4, 0.5) is 17.6 Å². The minimum atomic E-state index is -4.78. The number of benzene rings is 2. The number of ether oxygens (including phenoxy) is 1. The van der Waals surface area contributed by atoms with Crippen LogP contribution in [0.5, 0.6) is 11.5 Å². The van der Waals surface area contributed by atoms with Crippen molar-refractivity contribution < 1.29 is 27.4 Å². The van der Waals surface area contributed by atoms with Gasteiger partial charge in [0.1, 0.15) is 5.75 Å². The van der Waals surface area contributed by atoms with Gasteiger partial charge in [-0.15, -0.1) is 37.1 Å². The molecule has 10 heteroatoms. The summed E-state index contributed by atoms with van der Waals surface area (Å²) in [7, 11) is 1.49. The molecule has 0 saturated carbocycles. The Balaban J connectivity index is 0.00000364. The van der Waals surface area contributed by atoms with E-state index in [1.165, 1.54) is 43.4 Å². The summed E-state index contributed by atoms with van der Waals surface area (Å²) in [5.41, 5.74) is 0.854. The maximum absolute atomic E-state index is 13.3. The van der Waals surface area contributed by atoms with Gasteiger partial charge in [0.25, 0.3) is 0 Å². The molecule has 0 unspecified atom stereocenters. The molecule has 0 amide bonds. The number of rotatable bonds is 5. The number of aliphatic imine (C=N–C) groups is 1. The molecule has 0 heterocycles. The van der Waals surface area contributed by atoms with E-state index in [2.05, 4.69) is 20.4 Å². The summed E-state index contributed by atoms with van der Waals surface area (Å²) in [5, 5.41) is 14.9. The Morgan fingerprint density at radius 2 is 1.78 bits per heavy atom. The number of phenols is 1. The second-order valence-electron chi connectivity index (χ2n) is 5.22. The highest BCUT2D eigenvalue weighted by molar-refractivity contribution is 14.0. The second kappa shape index (κ2) is 10.2. The minimum Gasteiger partial charge on any atom is -0.505 e. The summed E-state index contributed by atoms with van der Waals surface area (Å²) in [6, 6.07) is 9.68. The van der Waals surface area contributed by atoms with Gasteiger partial charge in [-0.05, 0) is 23.8 Å². The van der Waals surface area contributed by atoms with Crippen LogP contribution in [0.3, 0.4) is 0 Å². The summed E-state index contributed by atoms with van der Waals surface area (Å²) in [5.74, 6) is -1.19. The highest BCUT2D eigenvalue weighted by Gasteiger charge is 2.31. The second-order valence-corrected chi connectivity index (χ2v) is 5.22. The van der Waals surface area contributed by atoms with E-state index in [0.29, 0.717) is 17.1 Å². The first-order chi connectivity index (χ1) is 12.3. The standard InChI is InChI=1S/C17H17F4N3O2.HI/c1-22-16(23-9-11-6-7-14(25)13(18)8-11)24-10-12-4-2-3-5-15(12)26-17(19,20)21;/h2-8,25H,9-10H2,1H3,(H2,22,23,24);1H. The lowest BCUT2D eigenvalue weighted by atomic mass is 10.2. The minimum absolute atomic E-state index is 0. The SMILES string of the molecule is CN=C(NCc1ccc(O)c(F)c1)NCc1ccccc1OC(F)(F)F.I. The normalized spacial score (nSPS) is 11.5. The van der Waals surface area contributed by atoms with E-state index in [0.717, 1.165) is 0 Å². The van der Waals surface area contributed by atoms with E-state index in [1.54, 1.807) is 6.07 Å². The average molecular weight is 499 g/mol. The molecule has 0 fully saturated rings. The third-order valence-corrected chi connectivity index (χ3v) is 3.34. The highest BCUT2D eigenvalue weighted by Crippen LogP contribution is 2.26. The van der Waals surface area contributed by atoms with Crippen LogP contribution in [-0.4, -0.2) is 24.5 Å². The van der Waals surface area contributed by atoms with E-state index in [-0.39, 0.29) is 42.8 Å². The molecule has 0 atom stereocenters. The van der Waals surface area contributed by atoms with Crippen molar-refractivity contribution in [3.8, 4) is 11.5 Å². The maximum Gasteiger partial charge on any atom is 0.573 e. The lowest BCUT2D eigenvalue weighted by Crippen LogP contribution is -2.36. The van der Waals surface area contributed by atoms with Crippen LogP contribution in [0.2, 0.25) is 0 Å². The van der Waals surface area contributed by atoms with E-state index >= 15 is 0 Å². The quantitative estimate of drug-likeness (QED) is 0.253. The van der Waals surface area contributed by atoms with Crippen molar-refractivity contribution in [2.45, 2.75) is 19.5 Å². The molecule has 3 N–H and O–H groups in total. The van der Waals surface area contributed by atoms with Crippen molar-refractivity contribution in [1.29, 1.82) is 0 Å². The number of nitrogens with one attached hydrogen (secondary N) is 2. The molecule has 0 aliphatic rings. The average Bonchev–Trinajstić information content (AvgIpc) is 2.58. The van der Waals surface area contributed by atoms with Gasteiger partial charge < -0.3 is 20.5 Å². The van der Waals surface area contributed by atoms with Crippen molar-refractivity contribution in [2.75, 3.05) is 7.05 Å². The first-order valence-corrected chi connectivity index (χ1v) is 7.54. The number of aromatic hydroxyl groups is 1. The van der Waals surface area contributed by atoms with Gasteiger partial charge in [-0.25, -0.2) is 4.39 Å². The van der Waals surface area contributed by atoms with E-state index in [1.807, 2.05) is 0 Å². The van der Waals surface area contributed by atoms with Crippen LogP contribution >= 0.6 is 24.0 Å². The Kier molecular flexibility index (Phi) is 8.60. The van der Waals surface area contributed by atoms with Gasteiger partial charge in [0.2, 0.25) is 0 Å². The molecular formula is C17H18F4IN3O2. The third-order valence-electron chi connectivity index (χ3n) is 3.34. The Morgan fingerprint density at radius 3 is 2.41 bits per heavy atom. The molecule has 0 spiro atoms. The van der Waals surface area contributed by atoms with Crippen molar-refractivity contribution >= 4 is 29.9 Å². The topological polar surface area (TPSA) is 65.9 Å². The summed E-state index contributed by atoms with van der Waals surface area (Å²) < 4.78 is 54.6. The smallest absolute Gasteiger partial charge is 0.505 e. The number of alkyl halides is 3. The van der Waals surface area contributed by atoms with Crippen LogP contribution in [-0.2, 0) is 13.1 Å². The fourth-order valence-electron chi connectivity index (χ4n) is 2.12. The van der Waals surface area contributed by atoms with Crippen LogP contribution < -0.4 is 15.4 Å². The van der Waals surface area contributed by atoms with Gasteiger partial charge in [-0.3, -0.25) is 4.99 Å². The van der Waals surface area contributed by atoms with Crippen LogP contribution in [0.15, 0.2) is 47.5 Å². The van der Waals surface area contributed by atoms with Crippen molar-refractivity contribution in [3.05, 3.63) is 59.4 Å². The van der Waals surface area contributed by atoms with Gasteiger partial charge in [-0.1, -0.05) is 24.3 Å². The molecule has 27 heavy (non-hydrogen) atoms. The zero-order valence-electron chi connectivity index (χ0n) is 14.2. The molecule has 0 aromatic heterocycles. The predicted octanol–water partition coefficient (Wildman–Crippen LogP) is 3.91. The molecule has 148 valence electrons. The zero-order valence-corrected chi connectivity index (χ0v) is 16.5. The molecule has 0 aliphatic carbocycles. The zero-order chi connectivity index (χ0) is 19.2. The van der Waals surface area contributed by atoms with Gasteiger partial charge in [-0.2, -0.15) is 0 Å². The molecule has 5 nitrogen and oxygen atoms in total. The number of halogens is 5. The Morgan fingerprint density at radius 1 is 1.11 bits per heavy atom. The number of guanidine groups is 1. The third kappa shape index (κ3) is 7.49. The fraction of sp³-hybridized carbons (Fsp3) is 0.235. The van der Waals surface area contributed by atoms with Crippen molar-refractivity contribution in [3.63, 3.8) is 0 Å². The van der Waals surface area contributed by atoms with E-state index in [4.69, 9.17) is 5.11 Å².